The van der Waals surface area contributed by atoms with E-state index < -0.39 is 12.0 Å². The Morgan fingerprint density at radius 1 is 1.09 bits per heavy atom. The fourth-order valence-corrected chi connectivity index (χ4v) is 4.28. The standard InChI is InChI=1S/C26H25BrN2O4/c1-32-24-13-20(27)11-19(25(24)33-16-17-7-3-2-4-8-17)15-29-23(26(30)31)12-18-14-28-22-10-6-5-9-21(18)22/h2-11,13-14,23,28-29H,12,15-16H2,1H3,(H,30,31)/t23-/m0/s1. The predicted molar refractivity (Wildman–Crippen MR) is 132 cm³/mol. The van der Waals surface area contributed by atoms with E-state index in [0.717, 1.165) is 32.1 Å². The summed E-state index contributed by atoms with van der Waals surface area (Å²) in [5.74, 6) is 0.267. The SMILES string of the molecule is COc1cc(Br)cc(CN[C@@H](Cc2c[nH]c3ccccc23)C(=O)O)c1OCc1ccccc1. The zero-order valence-electron chi connectivity index (χ0n) is 18.2. The van der Waals surface area contributed by atoms with Crippen molar-refractivity contribution in [1.29, 1.82) is 0 Å². The number of carbonyl (C=O) groups is 1. The Kier molecular flexibility index (Phi) is 7.32. The molecule has 0 unspecified atom stereocenters. The second-order valence-corrected chi connectivity index (χ2v) is 8.62. The molecule has 0 fully saturated rings. The number of halogens is 1. The first-order valence-electron chi connectivity index (χ1n) is 10.6. The minimum atomic E-state index is -0.908. The molecular weight excluding hydrogens is 484 g/mol. The van der Waals surface area contributed by atoms with Gasteiger partial charge in [-0.1, -0.05) is 64.5 Å². The normalized spacial score (nSPS) is 11.9. The average molecular weight is 509 g/mol. The molecular formula is C26H25BrN2O4. The third-order valence-electron chi connectivity index (χ3n) is 5.48. The Hall–Kier alpha value is -3.29. The fraction of sp³-hybridized carbons (Fsp3) is 0.192. The molecule has 0 amide bonds. The smallest absolute Gasteiger partial charge is 0.321 e. The highest BCUT2D eigenvalue weighted by Crippen LogP contribution is 2.35. The molecule has 7 heteroatoms. The topological polar surface area (TPSA) is 83.6 Å². The van der Waals surface area contributed by atoms with Crippen LogP contribution in [0.1, 0.15) is 16.7 Å². The summed E-state index contributed by atoms with van der Waals surface area (Å²) in [4.78, 5) is 15.2. The highest BCUT2D eigenvalue weighted by atomic mass is 79.9. The van der Waals surface area contributed by atoms with Gasteiger partial charge < -0.3 is 19.6 Å². The number of aromatic nitrogens is 1. The predicted octanol–water partition coefficient (Wildman–Crippen LogP) is 5.30. The number of H-pyrrole nitrogens is 1. The molecule has 170 valence electrons. The van der Waals surface area contributed by atoms with Gasteiger partial charge in [0.15, 0.2) is 11.5 Å². The third kappa shape index (κ3) is 5.56. The van der Waals surface area contributed by atoms with E-state index >= 15 is 0 Å². The number of fused-ring (bicyclic) bond motifs is 1. The quantitative estimate of drug-likeness (QED) is 0.270. The first-order chi connectivity index (χ1) is 16.0. The van der Waals surface area contributed by atoms with Crippen molar-refractivity contribution < 1.29 is 19.4 Å². The molecule has 1 atom stereocenters. The Bertz CT molecular complexity index is 1240. The van der Waals surface area contributed by atoms with Crippen LogP contribution in [0.15, 0.2) is 77.4 Å². The highest BCUT2D eigenvalue weighted by Gasteiger charge is 2.21. The van der Waals surface area contributed by atoms with Gasteiger partial charge in [0.2, 0.25) is 0 Å². The van der Waals surface area contributed by atoms with Crippen molar-refractivity contribution >= 4 is 32.8 Å². The fourth-order valence-electron chi connectivity index (χ4n) is 3.80. The first-order valence-corrected chi connectivity index (χ1v) is 11.4. The monoisotopic (exact) mass is 508 g/mol. The molecule has 6 nitrogen and oxygen atoms in total. The van der Waals surface area contributed by atoms with Gasteiger partial charge in [-0.15, -0.1) is 0 Å². The van der Waals surface area contributed by atoms with E-state index in [-0.39, 0.29) is 0 Å². The van der Waals surface area contributed by atoms with Crippen LogP contribution in [0, 0.1) is 0 Å². The lowest BCUT2D eigenvalue weighted by atomic mass is 10.0. The minimum Gasteiger partial charge on any atom is -0.493 e. The van der Waals surface area contributed by atoms with E-state index in [4.69, 9.17) is 9.47 Å². The van der Waals surface area contributed by atoms with Gasteiger partial charge in [-0.2, -0.15) is 0 Å². The molecule has 0 radical (unpaired) electrons. The van der Waals surface area contributed by atoms with Crippen LogP contribution in [0.4, 0.5) is 0 Å². The van der Waals surface area contributed by atoms with Gasteiger partial charge in [-0.05, 0) is 29.3 Å². The van der Waals surface area contributed by atoms with Crippen LogP contribution < -0.4 is 14.8 Å². The number of hydrogen-bond acceptors (Lipinski definition) is 4. The summed E-state index contributed by atoms with van der Waals surface area (Å²) in [5.41, 5.74) is 3.79. The third-order valence-corrected chi connectivity index (χ3v) is 5.94. The number of methoxy groups -OCH3 is 1. The van der Waals surface area contributed by atoms with Crippen LogP contribution >= 0.6 is 15.9 Å². The summed E-state index contributed by atoms with van der Waals surface area (Å²) in [7, 11) is 1.59. The van der Waals surface area contributed by atoms with Crippen LogP contribution in [0.25, 0.3) is 10.9 Å². The van der Waals surface area contributed by atoms with E-state index in [1.807, 2.05) is 72.9 Å². The van der Waals surface area contributed by atoms with Gasteiger partial charge >= 0.3 is 5.97 Å². The zero-order chi connectivity index (χ0) is 23.2. The van der Waals surface area contributed by atoms with E-state index in [9.17, 15) is 9.90 Å². The number of hydrogen-bond donors (Lipinski definition) is 3. The molecule has 4 aromatic rings. The number of aliphatic carboxylic acids is 1. The second kappa shape index (κ2) is 10.6. The molecule has 0 aliphatic heterocycles. The molecule has 3 N–H and O–H groups in total. The number of carboxylic acids is 1. The maximum Gasteiger partial charge on any atom is 0.321 e. The molecule has 4 rings (SSSR count). The van der Waals surface area contributed by atoms with Gasteiger partial charge in [-0.3, -0.25) is 10.1 Å². The molecule has 1 heterocycles. The molecule has 0 aliphatic rings. The summed E-state index contributed by atoms with van der Waals surface area (Å²) in [6.07, 6.45) is 2.23. The molecule has 3 aromatic carbocycles. The molecule has 0 saturated heterocycles. The van der Waals surface area contributed by atoms with Gasteiger partial charge in [0.1, 0.15) is 12.6 Å². The van der Waals surface area contributed by atoms with Gasteiger partial charge in [0, 0.05) is 40.1 Å². The zero-order valence-corrected chi connectivity index (χ0v) is 19.8. The Morgan fingerprint density at radius 2 is 1.85 bits per heavy atom. The lowest BCUT2D eigenvalue weighted by molar-refractivity contribution is -0.139. The second-order valence-electron chi connectivity index (χ2n) is 7.71. The Balaban J connectivity index is 1.53. The number of carboxylic acid groups (broad SMARTS) is 1. The van der Waals surface area contributed by atoms with Crippen LogP contribution in [0.3, 0.4) is 0 Å². The number of benzene rings is 3. The van der Waals surface area contributed by atoms with Crippen molar-refractivity contribution in [1.82, 2.24) is 10.3 Å². The number of rotatable bonds is 10. The highest BCUT2D eigenvalue weighted by molar-refractivity contribution is 9.10. The average Bonchev–Trinajstić information content (AvgIpc) is 3.24. The molecule has 0 aliphatic carbocycles. The Labute approximate surface area is 200 Å². The van der Waals surface area contributed by atoms with E-state index in [1.54, 1.807) is 7.11 Å². The summed E-state index contributed by atoms with van der Waals surface area (Å²) in [5, 5.41) is 14.1. The van der Waals surface area contributed by atoms with Crippen LogP contribution in [0.5, 0.6) is 11.5 Å². The summed E-state index contributed by atoms with van der Waals surface area (Å²) < 4.78 is 12.5. The number of aromatic amines is 1. The van der Waals surface area contributed by atoms with Crippen molar-refractivity contribution in [2.24, 2.45) is 0 Å². The first kappa shape index (κ1) is 22.9. The minimum absolute atomic E-state index is 0.305. The van der Waals surface area contributed by atoms with E-state index in [2.05, 4.69) is 26.2 Å². The van der Waals surface area contributed by atoms with Crippen LogP contribution in [0.2, 0.25) is 0 Å². The van der Waals surface area contributed by atoms with Crippen molar-refractivity contribution in [3.05, 3.63) is 94.1 Å². The molecule has 33 heavy (non-hydrogen) atoms. The summed E-state index contributed by atoms with van der Waals surface area (Å²) >= 11 is 3.51. The van der Waals surface area contributed by atoms with Gasteiger partial charge in [-0.25, -0.2) is 0 Å². The molecule has 0 bridgehead atoms. The van der Waals surface area contributed by atoms with Gasteiger partial charge in [0.25, 0.3) is 0 Å². The Morgan fingerprint density at radius 3 is 2.61 bits per heavy atom. The largest absolute Gasteiger partial charge is 0.493 e. The van der Waals surface area contributed by atoms with Gasteiger partial charge in [0.05, 0.1) is 7.11 Å². The summed E-state index contributed by atoms with van der Waals surface area (Å²) in [6.45, 7) is 0.683. The number of ether oxygens (including phenoxy) is 2. The van der Waals surface area contributed by atoms with Crippen molar-refractivity contribution in [3.8, 4) is 11.5 Å². The maximum absolute atomic E-state index is 12.0. The molecule has 0 saturated carbocycles. The molecule has 0 spiro atoms. The van der Waals surface area contributed by atoms with Crippen LogP contribution in [-0.2, 0) is 24.4 Å². The van der Waals surface area contributed by atoms with E-state index in [0.29, 0.717) is 31.1 Å². The van der Waals surface area contributed by atoms with E-state index in [1.165, 1.54) is 0 Å². The number of para-hydroxylation sites is 1. The number of nitrogens with one attached hydrogen (secondary N) is 2. The van der Waals surface area contributed by atoms with Crippen molar-refractivity contribution in [2.45, 2.75) is 25.6 Å². The lowest BCUT2D eigenvalue weighted by Crippen LogP contribution is -2.38. The maximum atomic E-state index is 12.0. The molecule has 1 aromatic heterocycles. The van der Waals surface area contributed by atoms with Crippen molar-refractivity contribution in [2.75, 3.05) is 7.11 Å². The van der Waals surface area contributed by atoms with Crippen molar-refractivity contribution in [3.63, 3.8) is 0 Å². The summed E-state index contributed by atoms with van der Waals surface area (Å²) in [6, 6.07) is 20.7. The van der Waals surface area contributed by atoms with Crippen LogP contribution in [-0.4, -0.2) is 29.2 Å². The lowest BCUT2D eigenvalue weighted by Gasteiger charge is -2.19.